The molecule has 0 radical (unpaired) electrons. The molecule has 2 aromatic carbocycles. The van der Waals surface area contributed by atoms with Gasteiger partial charge in [-0.1, -0.05) is 41.7 Å². The molecular formula is C22H24N4O3S. The van der Waals surface area contributed by atoms with Crippen LogP contribution in [0.3, 0.4) is 0 Å². The summed E-state index contributed by atoms with van der Waals surface area (Å²) in [6.45, 7) is 1.96. The Hall–Kier alpha value is -3.26. The summed E-state index contributed by atoms with van der Waals surface area (Å²) in [6.07, 6.45) is 1.63. The molecule has 0 aliphatic heterocycles. The minimum atomic E-state index is -0.307. The van der Waals surface area contributed by atoms with Crippen molar-refractivity contribution < 1.29 is 14.3 Å². The van der Waals surface area contributed by atoms with Gasteiger partial charge in [-0.25, -0.2) is 0 Å². The Labute approximate surface area is 179 Å². The molecule has 0 aliphatic carbocycles. The van der Waals surface area contributed by atoms with Crippen molar-refractivity contribution in [3.8, 4) is 5.75 Å². The number of hydrogen-bond acceptors (Lipinski definition) is 6. The lowest BCUT2D eigenvalue weighted by atomic mass is 10.1. The molecule has 1 aromatic heterocycles. The first-order valence-corrected chi connectivity index (χ1v) is 10.5. The molecule has 1 heterocycles. The van der Waals surface area contributed by atoms with E-state index < -0.39 is 0 Å². The fourth-order valence-electron chi connectivity index (χ4n) is 2.84. The molecule has 156 valence electrons. The summed E-state index contributed by atoms with van der Waals surface area (Å²) >= 11 is 1.24. The molecule has 7 nitrogen and oxygen atoms in total. The van der Waals surface area contributed by atoms with Crippen LogP contribution in [0.2, 0.25) is 0 Å². The van der Waals surface area contributed by atoms with Crippen LogP contribution < -0.4 is 15.4 Å². The molecule has 0 fully saturated rings. The third-order valence-corrected chi connectivity index (χ3v) is 5.46. The topological polar surface area (TPSA) is 93.2 Å². The van der Waals surface area contributed by atoms with Crippen molar-refractivity contribution in [3.05, 3.63) is 70.2 Å². The molecule has 2 N–H and O–H groups in total. The van der Waals surface area contributed by atoms with Gasteiger partial charge < -0.3 is 15.4 Å². The molecule has 1 atom stereocenters. The summed E-state index contributed by atoms with van der Waals surface area (Å²) in [5, 5.41) is 14.8. The van der Waals surface area contributed by atoms with Crippen molar-refractivity contribution in [2.45, 2.75) is 32.2 Å². The SMILES string of the molecule is COc1ccc(NC(=O)c2nnc(CCCC(=O)N[C@H](C)c3ccccc3)s2)cc1. The van der Waals surface area contributed by atoms with E-state index in [4.69, 9.17) is 4.74 Å². The number of carbonyl (C=O) groups is 2. The van der Waals surface area contributed by atoms with Crippen LogP contribution in [0.5, 0.6) is 5.75 Å². The number of benzene rings is 2. The Morgan fingerprint density at radius 3 is 2.50 bits per heavy atom. The molecule has 30 heavy (non-hydrogen) atoms. The van der Waals surface area contributed by atoms with E-state index in [1.165, 1.54) is 11.3 Å². The zero-order chi connectivity index (χ0) is 21.3. The summed E-state index contributed by atoms with van der Waals surface area (Å²) in [4.78, 5) is 24.5. The third-order valence-electron chi connectivity index (χ3n) is 4.48. The van der Waals surface area contributed by atoms with Gasteiger partial charge in [-0.05, 0) is 43.2 Å². The summed E-state index contributed by atoms with van der Waals surface area (Å²) in [6, 6.07) is 16.9. The third kappa shape index (κ3) is 6.12. The van der Waals surface area contributed by atoms with Gasteiger partial charge in [-0.15, -0.1) is 10.2 Å². The zero-order valence-corrected chi connectivity index (χ0v) is 17.7. The van der Waals surface area contributed by atoms with E-state index in [1.807, 2.05) is 37.3 Å². The molecule has 0 bridgehead atoms. The summed E-state index contributed by atoms with van der Waals surface area (Å²) in [5.74, 6) is 0.403. The smallest absolute Gasteiger partial charge is 0.286 e. The molecule has 0 unspecified atom stereocenters. The summed E-state index contributed by atoms with van der Waals surface area (Å²) in [5.41, 5.74) is 1.73. The van der Waals surface area contributed by atoms with Crippen LogP contribution in [0.25, 0.3) is 0 Å². The van der Waals surface area contributed by atoms with Gasteiger partial charge >= 0.3 is 0 Å². The maximum Gasteiger partial charge on any atom is 0.286 e. The Kier molecular flexibility index (Phi) is 7.51. The molecule has 0 spiro atoms. The number of nitrogens with zero attached hydrogens (tertiary/aromatic N) is 2. The summed E-state index contributed by atoms with van der Waals surface area (Å²) in [7, 11) is 1.59. The summed E-state index contributed by atoms with van der Waals surface area (Å²) < 4.78 is 5.10. The van der Waals surface area contributed by atoms with Gasteiger partial charge in [-0.3, -0.25) is 9.59 Å². The number of hydrogen-bond donors (Lipinski definition) is 2. The number of rotatable bonds is 9. The number of aryl methyl sites for hydroxylation is 1. The maximum absolute atomic E-state index is 12.3. The van der Waals surface area contributed by atoms with E-state index in [2.05, 4.69) is 20.8 Å². The first kappa shape index (κ1) is 21.4. The van der Waals surface area contributed by atoms with Crippen molar-refractivity contribution in [2.75, 3.05) is 12.4 Å². The van der Waals surface area contributed by atoms with Crippen LogP contribution in [0.15, 0.2) is 54.6 Å². The molecule has 3 aromatic rings. The average Bonchev–Trinajstić information content (AvgIpc) is 3.24. The van der Waals surface area contributed by atoms with Crippen molar-refractivity contribution in [1.82, 2.24) is 15.5 Å². The zero-order valence-electron chi connectivity index (χ0n) is 16.9. The van der Waals surface area contributed by atoms with Gasteiger partial charge in [0.15, 0.2) is 0 Å². The van der Waals surface area contributed by atoms with E-state index >= 15 is 0 Å². The maximum atomic E-state index is 12.3. The first-order chi connectivity index (χ1) is 14.5. The van der Waals surface area contributed by atoms with Crippen LogP contribution >= 0.6 is 11.3 Å². The van der Waals surface area contributed by atoms with Crippen molar-refractivity contribution in [3.63, 3.8) is 0 Å². The standard InChI is InChI=1S/C22H24N4O3S/c1-15(16-7-4-3-5-8-16)23-19(27)9-6-10-20-25-26-22(30-20)21(28)24-17-11-13-18(29-2)14-12-17/h3-5,7-8,11-15H,6,9-10H2,1-2H3,(H,23,27)(H,24,28)/t15-/m1/s1. The van der Waals surface area contributed by atoms with Gasteiger partial charge in [-0.2, -0.15) is 0 Å². The Morgan fingerprint density at radius 2 is 1.80 bits per heavy atom. The second-order valence-electron chi connectivity index (χ2n) is 6.74. The van der Waals surface area contributed by atoms with Gasteiger partial charge in [0.25, 0.3) is 5.91 Å². The molecular weight excluding hydrogens is 400 g/mol. The molecule has 8 heteroatoms. The van der Waals surface area contributed by atoms with Gasteiger partial charge in [0.05, 0.1) is 13.2 Å². The molecule has 0 aliphatic rings. The van der Waals surface area contributed by atoms with Crippen LogP contribution in [0.4, 0.5) is 5.69 Å². The van der Waals surface area contributed by atoms with E-state index in [-0.39, 0.29) is 17.9 Å². The number of methoxy groups -OCH3 is 1. The number of ether oxygens (including phenoxy) is 1. The number of nitrogens with one attached hydrogen (secondary N) is 2. The molecule has 0 saturated carbocycles. The lowest BCUT2D eigenvalue weighted by molar-refractivity contribution is -0.121. The van der Waals surface area contributed by atoms with Crippen LogP contribution in [-0.2, 0) is 11.2 Å². The predicted molar refractivity (Wildman–Crippen MR) is 117 cm³/mol. The van der Waals surface area contributed by atoms with E-state index in [9.17, 15) is 9.59 Å². The fraction of sp³-hybridized carbons (Fsp3) is 0.273. The van der Waals surface area contributed by atoms with Crippen LogP contribution in [-0.4, -0.2) is 29.1 Å². The van der Waals surface area contributed by atoms with Crippen molar-refractivity contribution in [1.29, 1.82) is 0 Å². The number of anilines is 1. The van der Waals surface area contributed by atoms with Gasteiger partial charge in [0, 0.05) is 18.5 Å². The highest BCUT2D eigenvalue weighted by Crippen LogP contribution is 2.18. The van der Waals surface area contributed by atoms with Crippen molar-refractivity contribution in [2.24, 2.45) is 0 Å². The highest BCUT2D eigenvalue weighted by molar-refractivity contribution is 7.13. The highest BCUT2D eigenvalue weighted by atomic mass is 32.1. The van der Waals surface area contributed by atoms with E-state index in [1.54, 1.807) is 31.4 Å². The number of aromatic nitrogens is 2. The van der Waals surface area contributed by atoms with Crippen LogP contribution in [0, 0.1) is 0 Å². The minimum absolute atomic E-state index is 0.00617. The lowest BCUT2D eigenvalue weighted by Crippen LogP contribution is -2.26. The monoisotopic (exact) mass is 424 g/mol. The minimum Gasteiger partial charge on any atom is -0.497 e. The van der Waals surface area contributed by atoms with Crippen LogP contribution in [0.1, 0.15) is 46.2 Å². The molecule has 2 amide bonds. The second-order valence-corrected chi connectivity index (χ2v) is 7.80. The molecule has 3 rings (SSSR count). The fourth-order valence-corrected chi connectivity index (χ4v) is 3.62. The second kappa shape index (κ2) is 10.5. The largest absolute Gasteiger partial charge is 0.497 e. The van der Waals surface area contributed by atoms with Crippen molar-refractivity contribution >= 4 is 28.8 Å². The molecule has 0 saturated heterocycles. The average molecular weight is 425 g/mol. The Morgan fingerprint density at radius 1 is 1.07 bits per heavy atom. The quantitative estimate of drug-likeness (QED) is 0.542. The Balaban J connectivity index is 1.43. The normalized spacial score (nSPS) is 11.5. The van der Waals surface area contributed by atoms with E-state index in [0.29, 0.717) is 35.7 Å². The van der Waals surface area contributed by atoms with Gasteiger partial charge in [0.1, 0.15) is 10.8 Å². The highest BCUT2D eigenvalue weighted by Gasteiger charge is 2.14. The number of amides is 2. The first-order valence-electron chi connectivity index (χ1n) is 9.67. The van der Waals surface area contributed by atoms with E-state index in [0.717, 1.165) is 10.6 Å². The number of carbonyl (C=O) groups excluding carboxylic acids is 2. The predicted octanol–water partition coefficient (Wildman–Crippen LogP) is 4.00. The van der Waals surface area contributed by atoms with Gasteiger partial charge in [0.2, 0.25) is 10.9 Å². The lowest BCUT2D eigenvalue weighted by Gasteiger charge is -2.14. The Bertz CT molecular complexity index is 974.